The van der Waals surface area contributed by atoms with E-state index in [2.05, 4.69) is 17.2 Å². The lowest BCUT2D eigenvalue weighted by atomic mass is 9.86. The minimum absolute atomic E-state index is 0.000127. The first kappa shape index (κ1) is 17.3. The topological polar surface area (TPSA) is 38.3 Å². The average molecular weight is 317 g/mol. The molecular formula is C19H24FNO2. The van der Waals surface area contributed by atoms with Crippen LogP contribution < -0.4 is 5.32 Å². The smallest absolute Gasteiger partial charge is 0.308 e. The Morgan fingerprint density at radius 1 is 1.30 bits per heavy atom. The third-order valence-electron chi connectivity index (χ3n) is 4.09. The molecule has 1 saturated carbocycles. The summed E-state index contributed by atoms with van der Waals surface area (Å²) in [7, 11) is 0. The third kappa shape index (κ3) is 4.99. The lowest BCUT2D eigenvalue weighted by Crippen LogP contribution is -2.30. The molecule has 1 aliphatic rings. The van der Waals surface area contributed by atoms with Crippen LogP contribution >= 0.6 is 0 Å². The predicted molar refractivity (Wildman–Crippen MR) is 89.6 cm³/mol. The van der Waals surface area contributed by atoms with Gasteiger partial charge in [-0.2, -0.15) is 0 Å². The standard InChI is InChI=1S/C19H24FNO2/c1-3-5-6-14-7-10-16(20)13-18(14)21-17-11-8-15(9-12-17)19(22)23-4-2/h7,10,13,15,17,21H,3-4,8-9,11-12H2,1-2H3. The van der Waals surface area contributed by atoms with E-state index in [1.54, 1.807) is 6.07 Å². The number of esters is 1. The summed E-state index contributed by atoms with van der Waals surface area (Å²) in [5.74, 6) is 5.73. The van der Waals surface area contributed by atoms with Crippen molar-refractivity contribution in [3.05, 3.63) is 29.6 Å². The molecule has 4 heteroatoms. The summed E-state index contributed by atoms with van der Waals surface area (Å²) < 4.78 is 18.6. The quantitative estimate of drug-likeness (QED) is 0.670. The number of benzene rings is 1. The van der Waals surface area contributed by atoms with Crippen molar-refractivity contribution in [2.75, 3.05) is 11.9 Å². The molecule has 0 aromatic heterocycles. The van der Waals surface area contributed by atoms with E-state index in [0.29, 0.717) is 6.61 Å². The minimum atomic E-state index is -0.269. The molecule has 1 N–H and O–H groups in total. The zero-order chi connectivity index (χ0) is 16.7. The van der Waals surface area contributed by atoms with Crippen LogP contribution in [-0.4, -0.2) is 18.6 Å². The van der Waals surface area contributed by atoms with Crippen LogP contribution in [0.25, 0.3) is 0 Å². The van der Waals surface area contributed by atoms with Crippen LogP contribution in [0.3, 0.4) is 0 Å². The fourth-order valence-corrected chi connectivity index (χ4v) is 2.88. The van der Waals surface area contributed by atoms with Gasteiger partial charge < -0.3 is 10.1 Å². The van der Waals surface area contributed by atoms with Gasteiger partial charge in [0.2, 0.25) is 0 Å². The second-order valence-corrected chi connectivity index (χ2v) is 5.79. The SMILES string of the molecule is CCC#Cc1ccc(F)cc1NC1CCC(C(=O)OCC)CC1. The van der Waals surface area contributed by atoms with Gasteiger partial charge in [-0.25, -0.2) is 4.39 Å². The van der Waals surface area contributed by atoms with Gasteiger partial charge in [-0.15, -0.1) is 0 Å². The molecule has 0 unspecified atom stereocenters. The summed E-state index contributed by atoms with van der Waals surface area (Å²) in [5, 5.41) is 3.40. The maximum Gasteiger partial charge on any atom is 0.308 e. The molecule has 1 aromatic carbocycles. The lowest BCUT2D eigenvalue weighted by molar-refractivity contribution is -0.149. The number of rotatable bonds is 4. The molecule has 2 rings (SSSR count). The van der Waals surface area contributed by atoms with E-state index in [1.807, 2.05) is 13.8 Å². The largest absolute Gasteiger partial charge is 0.466 e. The van der Waals surface area contributed by atoms with E-state index >= 15 is 0 Å². The van der Waals surface area contributed by atoms with Gasteiger partial charge in [-0.3, -0.25) is 4.79 Å². The Bertz CT molecular complexity index is 595. The van der Waals surface area contributed by atoms with Gasteiger partial charge in [0.25, 0.3) is 0 Å². The van der Waals surface area contributed by atoms with E-state index in [-0.39, 0.29) is 23.7 Å². The number of anilines is 1. The van der Waals surface area contributed by atoms with Crippen LogP contribution in [0.5, 0.6) is 0 Å². The minimum Gasteiger partial charge on any atom is -0.466 e. The molecule has 0 heterocycles. The Balaban J connectivity index is 1.98. The Morgan fingerprint density at radius 2 is 2.04 bits per heavy atom. The van der Waals surface area contributed by atoms with E-state index in [9.17, 15) is 9.18 Å². The number of halogens is 1. The summed E-state index contributed by atoms with van der Waals surface area (Å²) in [6.07, 6.45) is 4.13. The maximum absolute atomic E-state index is 13.5. The normalized spacial score (nSPS) is 20.3. The second kappa shape index (κ2) is 8.57. The molecule has 0 amide bonds. The molecule has 1 aromatic rings. The molecule has 0 bridgehead atoms. The van der Waals surface area contributed by atoms with Crippen LogP contribution in [0.1, 0.15) is 51.5 Å². The lowest BCUT2D eigenvalue weighted by Gasteiger charge is -2.29. The van der Waals surface area contributed by atoms with Crippen molar-refractivity contribution in [2.24, 2.45) is 5.92 Å². The van der Waals surface area contributed by atoms with Crippen molar-refractivity contribution in [3.63, 3.8) is 0 Å². The zero-order valence-corrected chi connectivity index (χ0v) is 13.8. The average Bonchev–Trinajstić information content (AvgIpc) is 2.55. The highest BCUT2D eigenvalue weighted by Crippen LogP contribution is 2.28. The van der Waals surface area contributed by atoms with Crippen molar-refractivity contribution in [3.8, 4) is 11.8 Å². The number of hydrogen-bond acceptors (Lipinski definition) is 3. The Kier molecular flexibility index (Phi) is 6.46. The van der Waals surface area contributed by atoms with Crippen LogP contribution in [0.4, 0.5) is 10.1 Å². The summed E-state index contributed by atoms with van der Waals surface area (Å²) in [5.41, 5.74) is 1.56. The van der Waals surface area contributed by atoms with Gasteiger partial charge >= 0.3 is 5.97 Å². The molecule has 0 aliphatic heterocycles. The van der Waals surface area contributed by atoms with Gasteiger partial charge in [0.15, 0.2) is 0 Å². The summed E-state index contributed by atoms with van der Waals surface area (Å²) in [6, 6.07) is 4.88. The van der Waals surface area contributed by atoms with Crippen molar-refractivity contribution >= 4 is 11.7 Å². The highest BCUT2D eigenvalue weighted by molar-refractivity contribution is 5.72. The zero-order valence-electron chi connectivity index (χ0n) is 13.8. The molecule has 1 aliphatic carbocycles. The van der Waals surface area contributed by atoms with Crippen molar-refractivity contribution in [2.45, 2.75) is 52.0 Å². The molecule has 124 valence electrons. The van der Waals surface area contributed by atoms with Crippen molar-refractivity contribution in [1.29, 1.82) is 0 Å². The predicted octanol–water partition coefficient (Wildman–Crippen LogP) is 4.12. The molecule has 3 nitrogen and oxygen atoms in total. The fourth-order valence-electron chi connectivity index (χ4n) is 2.88. The number of hydrogen-bond donors (Lipinski definition) is 1. The Labute approximate surface area is 137 Å². The summed E-state index contributed by atoms with van der Waals surface area (Å²) in [6.45, 7) is 4.24. The number of carbonyl (C=O) groups is 1. The Morgan fingerprint density at radius 3 is 2.70 bits per heavy atom. The Hall–Kier alpha value is -2.02. The van der Waals surface area contributed by atoms with Crippen molar-refractivity contribution < 1.29 is 13.9 Å². The number of nitrogens with one attached hydrogen (secondary N) is 1. The van der Waals surface area contributed by atoms with Gasteiger partial charge in [-0.1, -0.05) is 18.8 Å². The molecule has 0 radical (unpaired) electrons. The number of carbonyl (C=O) groups excluding carboxylic acids is 1. The van der Waals surface area contributed by atoms with E-state index in [0.717, 1.165) is 43.4 Å². The molecule has 0 atom stereocenters. The third-order valence-corrected chi connectivity index (χ3v) is 4.09. The first-order valence-corrected chi connectivity index (χ1v) is 8.35. The maximum atomic E-state index is 13.5. The van der Waals surface area contributed by atoms with Crippen LogP contribution in [0.15, 0.2) is 18.2 Å². The monoisotopic (exact) mass is 317 g/mol. The van der Waals surface area contributed by atoms with Gasteiger partial charge in [0, 0.05) is 18.0 Å². The molecular weight excluding hydrogens is 293 g/mol. The van der Waals surface area contributed by atoms with E-state index in [1.165, 1.54) is 12.1 Å². The highest BCUT2D eigenvalue weighted by atomic mass is 19.1. The molecule has 23 heavy (non-hydrogen) atoms. The number of ether oxygens (including phenoxy) is 1. The van der Waals surface area contributed by atoms with Gasteiger partial charge in [0.05, 0.1) is 18.2 Å². The van der Waals surface area contributed by atoms with Crippen LogP contribution in [-0.2, 0) is 9.53 Å². The molecule has 0 spiro atoms. The first-order valence-electron chi connectivity index (χ1n) is 8.35. The van der Waals surface area contributed by atoms with E-state index in [4.69, 9.17) is 4.74 Å². The van der Waals surface area contributed by atoms with Crippen LogP contribution in [0.2, 0.25) is 0 Å². The van der Waals surface area contributed by atoms with E-state index < -0.39 is 0 Å². The first-order chi connectivity index (χ1) is 11.1. The van der Waals surface area contributed by atoms with Gasteiger partial charge in [-0.05, 0) is 50.8 Å². The fraction of sp³-hybridized carbons (Fsp3) is 0.526. The molecule has 1 fully saturated rings. The summed E-state index contributed by atoms with van der Waals surface area (Å²) >= 11 is 0. The highest BCUT2D eigenvalue weighted by Gasteiger charge is 2.27. The van der Waals surface area contributed by atoms with Crippen molar-refractivity contribution in [1.82, 2.24) is 0 Å². The second-order valence-electron chi connectivity index (χ2n) is 5.79. The summed E-state index contributed by atoms with van der Waals surface area (Å²) in [4.78, 5) is 11.8. The van der Waals surface area contributed by atoms with Gasteiger partial charge in [0.1, 0.15) is 5.82 Å². The van der Waals surface area contributed by atoms with Crippen LogP contribution in [0, 0.1) is 23.6 Å². The molecule has 0 saturated heterocycles.